The first-order valence-electron chi connectivity index (χ1n) is 5.94. The van der Waals surface area contributed by atoms with Crippen LogP contribution >= 0.6 is 11.3 Å². The van der Waals surface area contributed by atoms with Crippen molar-refractivity contribution in [2.75, 3.05) is 0 Å². The number of hydrogen-bond donors (Lipinski definition) is 0. The lowest BCUT2D eigenvalue weighted by atomic mass is 10.1. The van der Waals surface area contributed by atoms with Crippen LogP contribution in [0.4, 0.5) is 0 Å². The Balaban J connectivity index is 1.69. The van der Waals surface area contributed by atoms with E-state index >= 15 is 0 Å². The third-order valence-electron chi connectivity index (χ3n) is 2.88. The summed E-state index contributed by atoms with van der Waals surface area (Å²) in [5, 5.41) is 1.98. The summed E-state index contributed by atoms with van der Waals surface area (Å²) in [7, 11) is 0. The second kappa shape index (κ2) is 5.28. The molecule has 0 saturated heterocycles. The van der Waals surface area contributed by atoms with Gasteiger partial charge in [0.1, 0.15) is 12.5 Å². The lowest BCUT2D eigenvalue weighted by molar-refractivity contribution is -0.0246. The summed E-state index contributed by atoms with van der Waals surface area (Å²) in [6.45, 7) is 0. The zero-order valence-corrected chi connectivity index (χ0v) is 10.9. The molecule has 0 amide bonds. The number of hydrogen-bond acceptors (Lipinski definition) is 4. The van der Waals surface area contributed by atoms with Gasteiger partial charge < -0.3 is 9.47 Å². The van der Waals surface area contributed by atoms with E-state index in [0.29, 0.717) is 12.0 Å². The van der Waals surface area contributed by atoms with E-state index in [1.807, 2.05) is 41.8 Å². The van der Waals surface area contributed by atoms with Crippen molar-refractivity contribution in [3.8, 4) is 0 Å². The minimum absolute atomic E-state index is 0.125. The number of rotatable bonds is 4. The molecule has 1 aliphatic rings. The highest BCUT2D eigenvalue weighted by Crippen LogP contribution is 2.24. The Labute approximate surface area is 115 Å². The lowest BCUT2D eigenvalue weighted by Gasteiger charge is -2.10. The molecule has 4 heteroatoms. The molecule has 0 atom stereocenters. The summed E-state index contributed by atoms with van der Waals surface area (Å²) >= 11 is 1.60. The fourth-order valence-corrected chi connectivity index (χ4v) is 2.60. The Morgan fingerprint density at radius 3 is 2.47 bits per heavy atom. The maximum atomic E-state index is 12.1. The summed E-state index contributed by atoms with van der Waals surface area (Å²) in [5.74, 6) is 0.125. The molecule has 3 nitrogen and oxygen atoms in total. The highest BCUT2D eigenvalue weighted by Gasteiger charge is 2.16. The summed E-state index contributed by atoms with van der Waals surface area (Å²) in [5.41, 5.74) is 1.61. The Morgan fingerprint density at radius 1 is 1.11 bits per heavy atom. The van der Waals surface area contributed by atoms with Gasteiger partial charge in [0, 0.05) is 22.4 Å². The highest BCUT2D eigenvalue weighted by atomic mass is 32.1. The topological polar surface area (TPSA) is 35.5 Å². The number of carbonyl (C=O) groups is 1. The first-order valence-corrected chi connectivity index (χ1v) is 6.82. The highest BCUT2D eigenvalue weighted by molar-refractivity contribution is 7.10. The van der Waals surface area contributed by atoms with Crippen LogP contribution in [0.1, 0.15) is 27.1 Å². The van der Waals surface area contributed by atoms with Crippen molar-refractivity contribution in [1.29, 1.82) is 0 Å². The third-order valence-corrected chi connectivity index (χ3v) is 3.76. The van der Waals surface area contributed by atoms with Crippen LogP contribution in [0.2, 0.25) is 0 Å². The van der Waals surface area contributed by atoms with E-state index in [1.54, 1.807) is 11.3 Å². The second-order valence-electron chi connectivity index (χ2n) is 4.18. The number of Topliss-reactive ketones (excluding diaryl/α,β-unsaturated/α-hetero) is 1. The van der Waals surface area contributed by atoms with Crippen LogP contribution in [0, 0.1) is 0 Å². The smallest absolute Gasteiger partial charge is 0.266 e. The van der Waals surface area contributed by atoms with E-state index in [0.717, 1.165) is 10.4 Å². The van der Waals surface area contributed by atoms with Crippen molar-refractivity contribution in [3.63, 3.8) is 0 Å². The fraction of sp³-hybridized carbons (Fsp3) is 0.133. The van der Waals surface area contributed by atoms with Gasteiger partial charge in [-0.3, -0.25) is 4.79 Å². The van der Waals surface area contributed by atoms with E-state index in [-0.39, 0.29) is 12.1 Å². The van der Waals surface area contributed by atoms with Gasteiger partial charge in [0.2, 0.25) is 0 Å². The third kappa shape index (κ3) is 2.69. The lowest BCUT2D eigenvalue weighted by Crippen LogP contribution is -2.03. The summed E-state index contributed by atoms with van der Waals surface area (Å²) < 4.78 is 10.5. The van der Waals surface area contributed by atoms with Gasteiger partial charge in [-0.25, -0.2) is 0 Å². The molecule has 3 rings (SSSR count). The number of thiophene rings is 1. The molecule has 0 radical (unpaired) electrons. The van der Waals surface area contributed by atoms with Gasteiger partial charge in [-0.15, -0.1) is 11.3 Å². The number of ketones is 1. The molecule has 19 heavy (non-hydrogen) atoms. The molecule has 0 N–H and O–H groups in total. The molecule has 1 aromatic heterocycles. The Hall–Kier alpha value is -2.07. The van der Waals surface area contributed by atoms with Gasteiger partial charge in [0.05, 0.1) is 0 Å². The molecular formula is C15H12O3S. The van der Waals surface area contributed by atoms with Gasteiger partial charge >= 0.3 is 0 Å². The molecule has 2 aromatic rings. The summed E-state index contributed by atoms with van der Waals surface area (Å²) in [6, 6.07) is 11.3. The molecule has 1 aromatic carbocycles. The van der Waals surface area contributed by atoms with Gasteiger partial charge in [-0.2, -0.15) is 0 Å². The van der Waals surface area contributed by atoms with Crippen molar-refractivity contribution in [2.45, 2.75) is 12.7 Å². The first kappa shape index (κ1) is 12.0. The molecule has 0 unspecified atom stereocenters. The number of carbonyl (C=O) groups excluding carboxylic acids is 1. The Morgan fingerprint density at radius 2 is 1.84 bits per heavy atom. The van der Waals surface area contributed by atoms with Gasteiger partial charge in [0.25, 0.3) is 6.29 Å². The van der Waals surface area contributed by atoms with Crippen LogP contribution in [0.5, 0.6) is 0 Å². The van der Waals surface area contributed by atoms with E-state index in [4.69, 9.17) is 9.47 Å². The molecule has 2 heterocycles. The fourth-order valence-electron chi connectivity index (χ4n) is 1.90. The van der Waals surface area contributed by atoms with E-state index < -0.39 is 0 Å². The normalized spacial score (nSPS) is 14.1. The van der Waals surface area contributed by atoms with Crippen LogP contribution in [-0.2, 0) is 15.9 Å². The SMILES string of the molecule is O=C(Cc1cccs1)c1ccc(C2OC=CO2)cc1. The van der Waals surface area contributed by atoms with Crippen molar-refractivity contribution >= 4 is 17.1 Å². The minimum Gasteiger partial charge on any atom is -0.455 e. The standard InChI is InChI=1S/C15H12O3S/c16-14(10-13-2-1-9-19-13)11-3-5-12(6-4-11)15-17-7-8-18-15/h1-9,15H,10H2. The molecular weight excluding hydrogens is 260 g/mol. The van der Waals surface area contributed by atoms with Crippen molar-refractivity contribution < 1.29 is 14.3 Å². The quantitative estimate of drug-likeness (QED) is 0.796. The predicted molar refractivity (Wildman–Crippen MR) is 72.8 cm³/mol. The first-order chi connectivity index (χ1) is 9.33. The van der Waals surface area contributed by atoms with Crippen LogP contribution in [0.3, 0.4) is 0 Å². The molecule has 0 spiro atoms. The zero-order valence-electron chi connectivity index (χ0n) is 10.1. The van der Waals surface area contributed by atoms with Gasteiger partial charge in [0.15, 0.2) is 5.78 Å². The number of benzene rings is 1. The summed E-state index contributed by atoms with van der Waals surface area (Å²) in [6.07, 6.45) is 3.09. The monoisotopic (exact) mass is 272 g/mol. The van der Waals surface area contributed by atoms with E-state index in [1.165, 1.54) is 12.5 Å². The average molecular weight is 272 g/mol. The van der Waals surface area contributed by atoms with Crippen LogP contribution in [0.25, 0.3) is 0 Å². The maximum absolute atomic E-state index is 12.1. The predicted octanol–water partition coefficient (Wildman–Crippen LogP) is 3.69. The zero-order chi connectivity index (χ0) is 13.1. The molecule has 0 aliphatic carbocycles. The summed E-state index contributed by atoms with van der Waals surface area (Å²) in [4.78, 5) is 13.2. The molecule has 0 saturated carbocycles. The Bertz CT molecular complexity index is 576. The van der Waals surface area contributed by atoms with Crippen molar-refractivity contribution in [1.82, 2.24) is 0 Å². The van der Waals surface area contributed by atoms with Crippen LogP contribution in [0.15, 0.2) is 54.3 Å². The van der Waals surface area contributed by atoms with Gasteiger partial charge in [-0.05, 0) is 11.4 Å². The van der Waals surface area contributed by atoms with E-state index in [2.05, 4.69) is 0 Å². The van der Waals surface area contributed by atoms with Crippen molar-refractivity contribution in [2.24, 2.45) is 0 Å². The largest absolute Gasteiger partial charge is 0.455 e. The Kier molecular flexibility index (Phi) is 3.33. The van der Waals surface area contributed by atoms with Crippen LogP contribution in [-0.4, -0.2) is 5.78 Å². The van der Waals surface area contributed by atoms with Crippen LogP contribution < -0.4 is 0 Å². The number of ether oxygens (including phenoxy) is 2. The molecule has 96 valence electrons. The molecule has 0 bridgehead atoms. The van der Waals surface area contributed by atoms with E-state index in [9.17, 15) is 4.79 Å². The maximum Gasteiger partial charge on any atom is 0.266 e. The minimum atomic E-state index is -0.388. The van der Waals surface area contributed by atoms with Gasteiger partial charge in [-0.1, -0.05) is 30.3 Å². The molecule has 0 fully saturated rings. The van der Waals surface area contributed by atoms with Crippen molar-refractivity contribution in [3.05, 3.63) is 70.3 Å². The average Bonchev–Trinajstić information content (AvgIpc) is 3.12. The molecule has 1 aliphatic heterocycles. The second-order valence-corrected chi connectivity index (χ2v) is 5.21.